The van der Waals surface area contributed by atoms with Crippen LogP contribution in [0.2, 0.25) is 5.02 Å². The maximum Gasteiger partial charge on any atom is 0.168 e. The smallest absolute Gasteiger partial charge is 0.168 e. The Bertz CT molecular complexity index is 622. The molecule has 0 amide bonds. The first-order valence-corrected chi connectivity index (χ1v) is 7.20. The van der Waals surface area contributed by atoms with Crippen LogP contribution in [-0.2, 0) is 13.0 Å². The van der Waals surface area contributed by atoms with E-state index in [1.165, 1.54) is 0 Å². The van der Waals surface area contributed by atoms with Crippen molar-refractivity contribution < 1.29 is 4.79 Å². The van der Waals surface area contributed by atoms with Crippen LogP contribution in [0.25, 0.3) is 0 Å². The maximum absolute atomic E-state index is 12.2. The molecule has 1 heterocycles. The summed E-state index contributed by atoms with van der Waals surface area (Å²) in [5.41, 5.74) is 2.52. The normalized spacial score (nSPS) is 10.7. The standard InChI is InChI=1S/C14H14BrClN2O/c1-3-18-11(6-9(2)17-18)8-14(19)10-4-5-13(16)12(15)7-10/h4-7H,3,8H2,1-2H3. The summed E-state index contributed by atoms with van der Waals surface area (Å²) in [4.78, 5) is 12.2. The Morgan fingerprint density at radius 1 is 1.42 bits per heavy atom. The molecule has 2 rings (SSSR count). The Morgan fingerprint density at radius 3 is 2.79 bits per heavy atom. The number of carbonyl (C=O) groups excluding carboxylic acids is 1. The largest absolute Gasteiger partial charge is 0.294 e. The first kappa shape index (κ1) is 14.3. The predicted octanol–water partition coefficient (Wildman–Crippen LogP) is 4.05. The molecule has 100 valence electrons. The lowest BCUT2D eigenvalue weighted by Crippen LogP contribution is -2.09. The number of hydrogen-bond acceptors (Lipinski definition) is 2. The van der Waals surface area contributed by atoms with E-state index in [4.69, 9.17) is 11.6 Å². The molecular weight excluding hydrogens is 328 g/mol. The van der Waals surface area contributed by atoms with Crippen LogP contribution < -0.4 is 0 Å². The molecule has 0 N–H and O–H groups in total. The van der Waals surface area contributed by atoms with E-state index in [9.17, 15) is 4.79 Å². The minimum Gasteiger partial charge on any atom is -0.294 e. The molecule has 0 saturated heterocycles. The van der Waals surface area contributed by atoms with Crippen molar-refractivity contribution in [1.82, 2.24) is 9.78 Å². The lowest BCUT2D eigenvalue weighted by molar-refractivity contribution is 0.0990. The second kappa shape index (κ2) is 5.88. The van der Waals surface area contributed by atoms with Gasteiger partial charge in [0, 0.05) is 22.3 Å². The van der Waals surface area contributed by atoms with Crippen LogP contribution in [-0.4, -0.2) is 15.6 Å². The number of benzene rings is 1. The summed E-state index contributed by atoms with van der Waals surface area (Å²) < 4.78 is 2.60. The Morgan fingerprint density at radius 2 is 2.16 bits per heavy atom. The topological polar surface area (TPSA) is 34.9 Å². The molecule has 1 aromatic heterocycles. The van der Waals surface area contributed by atoms with Crippen LogP contribution in [0.5, 0.6) is 0 Å². The van der Waals surface area contributed by atoms with Gasteiger partial charge in [0.2, 0.25) is 0 Å². The number of halogens is 2. The average molecular weight is 342 g/mol. The number of nitrogens with zero attached hydrogens (tertiary/aromatic N) is 2. The van der Waals surface area contributed by atoms with Gasteiger partial charge in [0.25, 0.3) is 0 Å². The third-order valence-corrected chi connectivity index (χ3v) is 4.08. The molecule has 0 aliphatic carbocycles. The molecule has 0 unspecified atom stereocenters. The molecule has 0 fully saturated rings. The van der Waals surface area contributed by atoms with E-state index in [1.54, 1.807) is 18.2 Å². The Hall–Kier alpha value is -1.13. The van der Waals surface area contributed by atoms with Gasteiger partial charge >= 0.3 is 0 Å². The fourth-order valence-electron chi connectivity index (χ4n) is 1.95. The number of hydrogen-bond donors (Lipinski definition) is 0. The summed E-state index contributed by atoms with van der Waals surface area (Å²) in [5, 5.41) is 4.94. The van der Waals surface area contributed by atoms with E-state index in [1.807, 2.05) is 24.6 Å². The quantitative estimate of drug-likeness (QED) is 0.786. The first-order valence-electron chi connectivity index (χ1n) is 6.03. The third-order valence-electron chi connectivity index (χ3n) is 2.87. The first-order chi connectivity index (χ1) is 9.01. The van der Waals surface area contributed by atoms with Crippen molar-refractivity contribution >= 4 is 33.3 Å². The number of carbonyl (C=O) groups is 1. The van der Waals surface area contributed by atoms with Gasteiger partial charge in [-0.15, -0.1) is 0 Å². The summed E-state index contributed by atoms with van der Waals surface area (Å²) in [7, 11) is 0. The second-order valence-corrected chi connectivity index (χ2v) is 5.58. The Kier molecular flexibility index (Phi) is 4.42. The molecular formula is C14H14BrClN2O. The lowest BCUT2D eigenvalue weighted by atomic mass is 10.1. The highest BCUT2D eigenvalue weighted by Gasteiger charge is 2.12. The third kappa shape index (κ3) is 3.25. The number of Topliss-reactive ketones (excluding diaryl/α,β-unsaturated/α-hetero) is 1. The van der Waals surface area contributed by atoms with Gasteiger partial charge in [0.1, 0.15) is 0 Å². The molecule has 0 saturated carbocycles. The van der Waals surface area contributed by atoms with Gasteiger partial charge in [-0.1, -0.05) is 11.6 Å². The molecule has 3 nitrogen and oxygen atoms in total. The number of ketones is 1. The molecule has 19 heavy (non-hydrogen) atoms. The van der Waals surface area contributed by atoms with Gasteiger partial charge in [-0.25, -0.2) is 0 Å². The highest BCUT2D eigenvalue weighted by molar-refractivity contribution is 9.10. The fourth-order valence-corrected chi connectivity index (χ4v) is 2.45. The minimum atomic E-state index is 0.0620. The van der Waals surface area contributed by atoms with Gasteiger partial charge in [0.05, 0.1) is 17.1 Å². The van der Waals surface area contributed by atoms with Crippen molar-refractivity contribution in [2.45, 2.75) is 26.8 Å². The van der Waals surface area contributed by atoms with Gasteiger partial charge in [0.15, 0.2) is 5.78 Å². The van der Waals surface area contributed by atoms with Crippen molar-refractivity contribution in [1.29, 1.82) is 0 Å². The summed E-state index contributed by atoms with van der Waals surface area (Å²) in [6.07, 6.45) is 0.350. The van der Waals surface area contributed by atoms with Crippen molar-refractivity contribution in [3.8, 4) is 0 Å². The number of aryl methyl sites for hydroxylation is 2. The maximum atomic E-state index is 12.2. The van der Waals surface area contributed by atoms with Crippen molar-refractivity contribution in [2.75, 3.05) is 0 Å². The molecule has 5 heteroatoms. The van der Waals surface area contributed by atoms with Gasteiger partial charge < -0.3 is 0 Å². The molecule has 0 radical (unpaired) electrons. The van der Waals surface area contributed by atoms with Crippen LogP contribution in [0.15, 0.2) is 28.7 Å². The summed E-state index contributed by atoms with van der Waals surface area (Å²) in [6.45, 7) is 4.71. The minimum absolute atomic E-state index is 0.0620. The van der Waals surface area contributed by atoms with E-state index in [0.717, 1.165) is 22.4 Å². The summed E-state index contributed by atoms with van der Waals surface area (Å²) in [6, 6.07) is 7.17. The molecule has 0 bridgehead atoms. The number of rotatable bonds is 4. The van der Waals surface area contributed by atoms with E-state index in [-0.39, 0.29) is 5.78 Å². The SMILES string of the molecule is CCn1nc(C)cc1CC(=O)c1ccc(Cl)c(Br)c1. The van der Waals surface area contributed by atoms with Crippen LogP contribution in [0.4, 0.5) is 0 Å². The zero-order valence-corrected chi connectivity index (χ0v) is 13.1. The highest BCUT2D eigenvalue weighted by atomic mass is 79.9. The van der Waals surface area contributed by atoms with Crippen molar-refractivity contribution in [3.05, 3.63) is 50.7 Å². The Labute approximate surface area is 125 Å². The molecule has 1 aromatic carbocycles. The van der Waals surface area contributed by atoms with Crippen LogP contribution in [0, 0.1) is 6.92 Å². The van der Waals surface area contributed by atoms with E-state index >= 15 is 0 Å². The fraction of sp³-hybridized carbons (Fsp3) is 0.286. The zero-order valence-electron chi connectivity index (χ0n) is 10.8. The summed E-state index contributed by atoms with van der Waals surface area (Å²) in [5.74, 6) is 0.0620. The molecule has 0 spiro atoms. The lowest BCUT2D eigenvalue weighted by Gasteiger charge is -2.05. The Balaban J connectivity index is 2.22. The highest BCUT2D eigenvalue weighted by Crippen LogP contribution is 2.24. The van der Waals surface area contributed by atoms with Crippen LogP contribution in [0.1, 0.15) is 28.7 Å². The van der Waals surface area contributed by atoms with Crippen LogP contribution >= 0.6 is 27.5 Å². The predicted molar refractivity (Wildman–Crippen MR) is 79.8 cm³/mol. The van der Waals surface area contributed by atoms with E-state index < -0.39 is 0 Å². The summed E-state index contributed by atoms with van der Waals surface area (Å²) >= 11 is 9.25. The molecule has 0 aliphatic heterocycles. The second-order valence-electron chi connectivity index (χ2n) is 4.32. The molecule has 0 aliphatic rings. The van der Waals surface area contributed by atoms with Crippen molar-refractivity contribution in [3.63, 3.8) is 0 Å². The van der Waals surface area contributed by atoms with Crippen LogP contribution in [0.3, 0.4) is 0 Å². The monoisotopic (exact) mass is 340 g/mol. The number of aromatic nitrogens is 2. The van der Waals surface area contributed by atoms with E-state index in [0.29, 0.717) is 17.0 Å². The molecule has 2 aromatic rings. The van der Waals surface area contributed by atoms with Gasteiger partial charge in [-0.3, -0.25) is 9.48 Å². The van der Waals surface area contributed by atoms with Gasteiger partial charge in [-0.05, 0) is 54.0 Å². The zero-order chi connectivity index (χ0) is 14.0. The van der Waals surface area contributed by atoms with E-state index in [2.05, 4.69) is 21.0 Å². The van der Waals surface area contributed by atoms with Gasteiger partial charge in [-0.2, -0.15) is 5.10 Å². The average Bonchev–Trinajstić information content (AvgIpc) is 2.72. The van der Waals surface area contributed by atoms with Crippen molar-refractivity contribution in [2.24, 2.45) is 0 Å². The molecule has 0 atom stereocenters.